The zero-order chi connectivity index (χ0) is 15.1. The van der Waals surface area contributed by atoms with Crippen molar-refractivity contribution in [3.05, 3.63) is 30.3 Å². The van der Waals surface area contributed by atoms with Gasteiger partial charge in [0.15, 0.2) is 0 Å². The number of carbonyl (C=O) groups excluding carboxylic acids is 1. The van der Waals surface area contributed by atoms with Gasteiger partial charge in [0.1, 0.15) is 11.3 Å². The van der Waals surface area contributed by atoms with Crippen LogP contribution in [0.25, 0.3) is 0 Å². The van der Waals surface area contributed by atoms with Crippen LogP contribution in [0.3, 0.4) is 0 Å². The Hall–Kier alpha value is -1.55. The summed E-state index contributed by atoms with van der Waals surface area (Å²) in [6.45, 7) is 2.61. The summed E-state index contributed by atoms with van der Waals surface area (Å²) in [7, 11) is 1.45. The van der Waals surface area contributed by atoms with E-state index in [1.54, 1.807) is 0 Å². The summed E-state index contributed by atoms with van der Waals surface area (Å²) in [6, 6.07) is 10.3. The molecule has 0 bridgehead atoms. The van der Waals surface area contributed by atoms with Crippen LogP contribution in [0, 0.1) is 0 Å². The van der Waals surface area contributed by atoms with Crippen molar-refractivity contribution in [3.63, 3.8) is 0 Å². The maximum absolute atomic E-state index is 12.0. The van der Waals surface area contributed by atoms with Gasteiger partial charge in [0.05, 0.1) is 13.7 Å². The average Bonchev–Trinajstić information content (AvgIpc) is 3.31. The maximum atomic E-state index is 12.0. The quantitative estimate of drug-likeness (QED) is 0.561. The fourth-order valence-electron chi connectivity index (χ4n) is 2.42. The van der Waals surface area contributed by atoms with E-state index in [0.717, 1.165) is 37.9 Å². The second-order valence-electron chi connectivity index (χ2n) is 5.86. The summed E-state index contributed by atoms with van der Waals surface area (Å²) < 4.78 is 10.6. The number of nitrogens with one attached hydrogen (secondary N) is 1. The fourth-order valence-corrected chi connectivity index (χ4v) is 2.42. The highest BCUT2D eigenvalue weighted by Crippen LogP contribution is 2.26. The summed E-state index contributed by atoms with van der Waals surface area (Å²) in [5.74, 6) is 0.725. The Morgan fingerprint density at radius 3 is 2.62 bits per heavy atom. The van der Waals surface area contributed by atoms with Gasteiger partial charge in [0, 0.05) is 6.04 Å². The first-order chi connectivity index (χ1) is 10.1. The van der Waals surface area contributed by atoms with Gasteiger partial charge in [-0.2, -0.15) is 0 Å². The minimum Gasteiger partial charge on any atom is -0.494 e. The zero-order valence-electron chi connectivity index (χ0n) is 12.9. The molecule has 0 amide bonds. The van der Waals surface area contributed by atoms with Crippen molar-refractivity contribution >= 4 is 5.97 Å². The third-order valence-corrected chi connectivity index (χ3v) is 3.82. The molecule has 1 aliphatic rings. The van der Waals surface area contributed by atoms with Crippen LogP contribution < -0.4 is 10.1 Å². The van der Waals surface area contributed by atoms with E-state index >= 15 is 0 Å². The van der Waals surface area contributed by atoms with Gasteiger partial charge in [-0.05, 0) is 51.2 Å². The summed E-state index contributed by atoms with van der Waals surface area (Å²) in [4.78, 5) is 12.0. The van der Waals surface area contributed by atoms with Gasteiger partial charge in [-0.15, -0.1) is 0 Å². The first-order valence-corrected chi connectivity index (χ1v) is 7.68. The smallest absolute Gasteiger partial charge is 0.325 e. The lowest BCUT2D eigenvalue weighted by molar-refractivity contribution is -0.148. The molecule has 0 radical (unpaired) electrons. The largest absolute Gasteiger partial charge is 0.494 e. The van der Waals surface area contributed by atoms with Crippen LogP contribution in [-0.2, 0) is 9.53 Å². The molecule has 0 aliphatic heterocycles. The number of rotatable bonds is 9. The molecule has 2 rings (SSSR count). The van der Waals surface area contributed by atoms with E-state index in [4.69, 9.17) is 9.47 Å². The molecule has 0 spiro atoms. The van der Waals surface area contributed by atoms with E-state index in [1.165, 1.54) is 7.11 Å². The van der Waals surface area contributed by atoms with E-state index in [9.17, 15) is 4.79 Å². The fraction of sp³-hybridized carbons (Fsp3) is 0.588. The molecule has 1 aliphatic carbocycles. The number of hydrogen-bond donors (Lipinski definition) is 1. The Balaban J connectivity index is 1.70. The second kappa shape index (κ2) is 7.46. The minimum absolute atomic E-state index is 0.168. The Labute approximate surface area is 126 Å². The number of hydrogen-bond acceptors (Lipinski definition) is 4. The standard InChI is InChI=1S/C17H25NO3/c1-17(16(19)20-2,18-14-10-11-14)12-6-7-13-21-15-8-4-3-5-9-15/h3-5,8-9,14,18H,6-7,10-13H2,1-2H3. The van der Waals surface area contributed by atoms with Crippen LogP contribution in [0.15, 0.2) is 30.3 Å². The molecule has 1 saturated carbocycles. The number of benzene rings is 1. The first kappa shape index (κ1) is 15.8. The van der Waals surface area contributed by atoms with E-state index in [-0.39, 0.29) is 5.97 Å². The SMILES string of the molecule is COC(=O)C(C)(CCCCOc1ccccc1)NC1CC1. The molecule has 1 unspecified atom stereocenters. The van der Waals surface area contributed by atoms with E-state index < -0.39 is 5.54 Å². The Morgan fingerprint density at radius 2 is 2.00 bits per heavy atom. The van der Waals surface area contributed by atoms with Crippen molar-refractivity contribution in [2.45, 2.75) is 50.6 Å². The van der Waals surface area contributed by atoms with Crippen LogP contribution in [0.2, 0.25) is 0 Å². The van der Waals surface area contributed by atoms with Crippen LogP contribution in [0.4, 0.5) is 0 Å². The molecule has 1 aromatic carbocycles. The number of ether oxygens (including phenoxy) is 2. The lowest BCUT2D eigenvalue weighted by Gasteiger charge is -2.28. The Bertz CT molecular complexity index is 445. The molecule has 21 heavy (non-hydrogen) atoms. The van der Waals surface area contributed by atoms with E-state index in [0.29, 0.717) is 12.6 Å². The molecular weight excluding hydrogens is 266 g/mol. The monoisotopic (exact) mass is 291 g/mol. The van der Waals surface area contributed by atoms with Crippen molar-refractivity contribution in [2.75, 3.05) is 13.7 Å². The van der Waals surface area contributed by atoms with Crippen LogP contribution in [0.1, 0.15) is 39.0 Å². The number of methoxy groups -OCH3 is 1. The third kappa shape index (κ3) is 5.05. The number of para-hydroxylation sites is 1. The zero-order valence-corrected chi connectivity index (χ0v) is 12.9. The number of carbonyl (C=O) groups is 1. The highest BCUT2D eigenvalue weighted by molar-refractivity contribution is 5.80. The predicted molar refractivity (Wildman–Crippen MR) is 82.4 cm³/mol. The third-order valence-electron chi connectivity index (χ3n) is 3.82. The van der Waals surface area contributed by atoms with Crippen LogP contribution >= 0.6 is 0 Å². The normalized spacial score (nSPS) is 17.0. The van der Waals surface area contributed by atoms with Crippen molar-refractivity contribution in [1.82, 2.24) is 5.32 Å². The molecule has 1 fully saturated rings. The molecule has 0 aromatic heterocycles. The highest BCUT2D eigenvalue weighted by atomic mass is 16.5. The molecule has 0 saturated heterocycles. The van der Waals surface area contributed by atoms with Gasteiger partial charge in [0.2, 0.25) is 0 Å². The lowest BCUT2D eigenvalue weighted by atomic mass is 9.94. The first-order valence-electron chi connectivity index (χ1n) is 7.68. The summed E-state index contributed by atoms with van der Waals surface area (Å²) in [5, 5.41) is 3.41. The summed E-state index contributed by atoms with van der Waals surface area (Å²) >= 11 is 0. The van der Waals surface area contributed by atoms with E-state index in [1.807, 2.05) is 37.3 Å². The maximum Gasteiger partial charge on any atom is 0.325 e. The molecule has 1 atom stereocenters. The van der Waals surface area contributed by atoms with Crippen molar-refractivity contribution in [3.8, 4) is 5.75 Å². The topological polar surface area (TPSA) is 47.6 Å². The van der Waals surface area contributed by atoms with Crippen molar-refractivity contribution in [2.24, 2.45) is 0 Å². The highest BCUT2D eigenvalue weighted by Gasteiger charge is 2.38. The average molecular weight is 291 g/mol. The van der Waals surface area contributed by atoms with Crippen LogP contribution in [0.5, 0.6) is 5.75 Å². The molecule has 116 valence electrons. The van der Waals surface area contributed by atoms with Crippen molar-refractivity contribution in [1.29, 1.82) is 0 Å². The van der Waals surface area contributed by atoms with E-state index in [2.05, 4.69) is 5.32 Å². The van der Waals surface area contributed by atoms with Gasteiger partial charge in [0.25, 0.3) is 0 Å². The Kier molecular flexibility index (Phi) is 5.62. The lowest BCUT2D eigenvalue weighted by Crippen LogP contribution is -2.51. The van der Waals surface area contributed by atoms with Gasteiger partial charge in [-0.3, -0.25) is 10.1 Å². The molecule has 1 aromatic rings. The number of unbranched alkanes of at least 4 members (excludes halogenated alkanes) is 1. The molecule has 4 nitrogen and oxygen atoms in total. The van der Waals surface area contributed by atoms with Crippen molar-refractivity contribution < 1.29 is 14.3 Å². The summed E-state index contributed by atoms with van der Waals surface area (Å²) in [5.41, 5.74) is -0.567. The van der Waals surface area contributed by atoms with Gasteiger partial charge < -0.3 is 9.47 Å². The van der Waals surface area contributed by atoms with Gasteiger partial charge >= 0.3 is 5.97 Å². The predicted octanol–water partition coefficient (Wildman–Crippen LogP) is 2.92. The van der Waals surface area contributed by atoms with Gasteiger partial charge in [-0.1, -0.05) is 18.2 Å². The van der Waals surface area contributed by atoms with Gasteiger partial charge in [-0.25, -0.2) is 0 Å². The van der Waals surface area contributed by atoms with Crippen LogP contribution in [-0.4, -0.2) is 31.3 Å². The number of esters is 1. The minimum atomic E-state index is -0.567. The molecule has 1 N–H and O–H groups in total. The molecule has 4 heteroatoms. The Morgan fingerprint density at radius 1 is 1.29 bits per heavy atom. The molecular formula is C17H25NO3. The second-order valence-corrected chi connectivity index (χ2v) is 5.86. The molecule has 0 heterocycles. The summed E-state index contributed by atoms with van der Waals surface area (Å²) in [6.07, 6.45) is 4.94.